The zero-order chi connectivity index (χ0) is 15.5. The summed E-state index contributed by atoms with van der Waals surface area (Å²) in [5.74, 6) is -1.02. The van der Waals surface area contributed by atoms with E-state index in [-0.39, 0.29) is 11.1 Å². The molecule has 1 heterocycles. The van der Waals surface area contributed by atoms with Gasteiger partial charge in [-0.25, -0.2) is 9.48 Å². The van der Waals surface area contributed by atoms with Crippen LogP contribution in [0.25, 0.3) is 0 Å². The molecule has 0 aliphatic heterocycles. The molecular weight excluding hydrogens is 266 g/mol. The first-order valence-electron chi connectivity index (χ1n) is 7.11. The number of hydrogen-bond donors (Lipinski definition) is 1. The number of carbonyl (C=O) groups is 1. The van der Waals surface area contributed by atoms with E-state index in [9.17, 15) is 9.90 Å². The van der Waals surface area contributed by atoms with Gasteiger partial charge < -0.3 is 5.11 Å². The van der Waals surface area contributed by atoms with Crippen molar-refractivity contribution in [1.29, 1.82) is 0 Å². The molecule has 0 spiro atoms. The predicted octanol–water partition coefficient (Wildman–Crippen LogP) is 2.91. The van der Waals surface area contributed by atoms with Crippen LogP contribution in [-0.2, 0) is 18.4 Å². The van der Waals surface area contributed by atoms with Crippen LogP contribution in [0.5, 0.6) is 0 Å². The van der Waals surface area contributed by atoms with Gasteiger partial charge in [0.25, 0.3) is 0 Å². The summed E-state index contributed by atoms with van der Waals surface area (Å²) in [5, 5.41) is 17.1. The normalized spacial score (nSPS) is 11.6. The number of carboxylic acids is 1. The lowest BCUT2D eigenvalue weighted by molar-refractivity contribution is 0.0687. The Balaban J connectivity index is 2.12. The van der Waals surface area contributed by atoms with Crippen LogP contribution < -0.4 is 0 Å². The van der Waals surface area contributed by atoms with Gasteiger partial charge in [0.15, 0.2) is 5.69 Å². The SMILES string of the molecule is CC(C)(C)c1c(C(=O)O)nnn1CCCc1ccccc1. The van der Waals surface area contributed by atoms with Crippen molar-refractivity contribution in [1.82, 2.24) is 15.0 Å². The smallest absolute Gasteiger partial charge is 0.358 e. The molecule has 1 aromatic carbocycles. The van der Waals surface area contributed by atoms with E-state index in [0.29, 0.717) is 12.2 Å². The van der Waals surface area contributed by atoms with Gasteiger partial charge in [0, 0.05) is 12.0 Å². The summed E-state index contributed by atoms with van der Waals surface area (Å²) >= 11 is 0. The van der Waals surface area contributed by atoms with Gasteiger partial charge in [-0.15, -0.1) is 5.10 Å². The third kappa shape index (κ3) is 3.68. The van der Waals surface area contributed by atoms with Crippen molar-refractivity contribution in [3.8, 4) is 0 Å². The second kappa shape index (κ2) is 6.08. The zero-order valence-electron chi connectivity index (χ0n) is 12.7. The number of aromatic carboxylic acids is 1. The lowest BCUT2D eigenvalue weighted by Crippen LogP contribution is -2.22. The number of aromatic nitrogens is 3. The van der Waals surface area contributed by atoms with E-state index >= 15 is 0 Å². The average molecular weight is 287 g/mol. The number of carboxylic acid groups (broad SMARTS) is 1. The lowest BCUT2D eigenvalue weighted by Gasteiger charge is -2.20. The van der Waals surface area contributed by atoms with Crippen molar-refractivity contribution in [2.45, 2.75) is 45.6 Å². The second-order valence-corrected chi connectivity index (χ2v) is 6.15. The number of nitrogens with zero attached hydrogens (tertiary/aromatic N) is 3. The second-order valence-electron chi connectivity index (χ2n) is 6.15. The minimum atomic E-state index is -1.02. The standard InChI is InChI=1S/C16H21N3O2/c1-16(2,3)14-13(15(20)21)17-18-19(14)11-7-10-12-8-5-4-6-9-12/h4-6,8-9H,7,10-11H2,1-3H3,(H,20,21). The van der Waals surface area contributed by atoms with Gasteiger partial charge >= 0.3 is 5.97 Å². The molecule has 1 N–H and O–H groups in total. The van der Waals surface area contributed by atoms with Gasteiger partial charge in [-0.1, -0.05) is 56.3 Å². The van der Waals surface area contributed by atoms with Crippen LogP contribution in [0, 0.1) is 0 Å². The molecule has 0 saturated heterocycles. The van der Waals surface area contributed by atoms with Crippen LogP contribution in [0.2, 0.25) is 0 Å². The van der Waals surface area contributed by atoms with Gasteiger partial charge in [0.2, 0.25) is 0 Å². The largest absolute Gasteiger partial charge is 0.476 e. The third-order valence-electron chi connectivity index (χ3n) is 3.33. The monoisotopic (exact) mass is 287 g/mol. The van der Waals surface area contributed by atoms with Crippen molar-refractivity contribution in [3.05, 3.63) is 47.3 Å². The summed E-state index contributed by atoms with van der Waals surface area (Å²) in [7, 11) is 0. The van der Waals surface area contributed by atoms with Crippen molar-refractivity contribution in [3.63, 3.8) is 0 Å². The fourth-order valence-electron chi connectivity index (χ4n) is 2.43. The lowest BCUT2D eigenvalue weighted by atomic mass is 9.90. The molecule has 0 aliphatic carbocycles. The Morgan fingerprint density at radius 3 is 2.48 bits per heavy atom. The van der Waals surface area contributed by atoms with Crippen molar-refractivity contribution in [2.24, 2.45) is 0 Å². The summed E-state index contributed by atoms with van der Waals surface area (Å²) in [6.07, 6.45) is 1.84. The molecule has 21 heavy (non-hydrogen) atoms. The van der Waals surface area contributed by atoms with E-state index in [1.165, 1.54) is 5.56 Å². The van der Waals surface area contributed by atoms with Crippen LogP contribution in [0.15, 0.2) is 30.3 Å². The first-order chi connectivity index (χ1) is 9.89. The first kappa shape index (κ1) is 15.2. The van der Waals surface area contributed by atoms with Crippen molar-refractivity contribution in [2.75, 3.05) is 0 Å². The van der Waals surface area contributed by atoms with Crippen molar-refractivity contribution < 1.29 is 9.90 Å². The number of benzene rings is 1. The fraction of sp³-hybridized carbons (Fsp3) is 0.438. The molecule has 0 bridgehead atoms. The molecule has 5 nitrogen and oxygen atoms in total. The number of aryl methyl sites for hydroxylation is 2. The third-order valence-corrected chi connectivity index (χ3v) is 3.33. The van der Waals surface area contributed by atoms with E-state index in [1.54, 1.807) is 4.68 Å². The summed E-state index contributed by atoms with van der Waals surface area (Å²) in [6.45, 7) is 6.60. The minimum absolute atomic E-state index is 0.0576. The molecule has 0 fully saturated rings. The average Bonchev–Trinajstić information content (AvgIpc) is 2.84. The summed E-state index contributed by atoms with van der Waals surface area (Å²) in [4.78, 5) is 11.3. The molecular formula is C16H21N3O2. The van der Waals surface area contributed by atoms with E-state index < -0.39 is 5.97 Å². The topological polar surface area (TPSA) is 68.0 Å². The maximum absolute atomic E-state index is 11.3. The summed E-state index contributed by atoms with van der Waals surface area (Å²) in [5.41, 5.74) is 1.71. The molecule has 0 aliphatic rings. The molecule has 1 aromatic heterocycles. The van der Waals surface area contributed by atoms with Gasteiger partial charge in [-0.05, 0) is 18.4 Å². The highest BCUT2D eigenvalue weighted by atomic mass is 16.4. The first-order valence-corrected chi connectivity index (χ1v) is 7.11. The quantitative estimate of drug-likeness (QED) is 0.918. The Labute approximate surface area is 124 Å². The zero-order valence-corrected chi connectivity index (χ0v) is 12.7. The Bertz CT molecular complexity index is 612. The molecule has 2 rings (SSSR count). The molecule has 2 aromatic rings. The van der Waals surface area contributed by atoms with Gasteiger partial charge in [-0.2, -0.15) is 0 Å². The Morgan fingerprint density at radius 2 is 1.90 bits per heavy atom. The van der Waals surface area contributed by atoms with Gasteiger partial charge in [-0.3, -0.25) is 0 Å². The van der Waals surface area contributed by atoms with E-state index in [4.69, 9.17) is 0 Å². The summed E-state index contributed by atoms with van der Waals surface area (Å²) < 4.78 is 1.73. The summed E-state index contributed by atoms with van der Waals surface area (Å²) in [6, 6.07) is 10.2. The molecule has 112 valence electrons. The predicted molar refractivity (Wildman–Crippen MR) is 80.4 cm³/mol. The van der Waals surface area contributed by atoms with Gasteiger partial charge in [0.1, 0.15) is 0 Å². The molecule has 0 unspecified atom stereocenters. The van der Waals surface area contributed by atoms with E-state index in [2.05, 4.69) is 22.4 Å². The highest BCUT2D eigenvalue weighted by Crippen LogP contribution is 2.25. The highest BCUT2D eigenvalue weighted by molar-refractivity contribution is 5.86. The fourth-order valence-corrected chi connectivity index (χ4v) is 2.43. The Morgan fingerprint density at radius 1 is 1.24 bits per heavy atom. The van der Waals surface area contributed by atoms with E-state index in [0.717, 1.165) is 12.8 Å². The Hall–Kier alpha value is -2.17. The van der Waals surface area contributed by atoms with Crippen LogP contribution in [0.4, 0.5) is 0 Å². The maximum Gasteiger partial charge on any atom is 0.358 e. The minimum Gasteiger partial charge on any atom is -0.476 e. The highest BCUT2D eigenvalue weighted by Gasteiger charge is 2.28. The van der Waals surface area contributed by atoms with Crippen LogP contribution in [-0.4, -0.2) is 26.1 Å². The van der Waals surface area contributed by atoms with Crippen LogP contribution in [0.1, 0.15) is 48.9 Å². The molecule has 0 amide bonds. The molecule has 0 saturated carbocycles. The Kier molecular flexibility index (Phi) is 4.40. The van der Waals surface area contributed by atoms with Crippen LogP contribution >= 0.6 is 0 Å². The van der Waals surface area contributed by atoms with E-state index in [1.807, 2.05) is 39.0 Å². The maximum atomic E-state index is 11.3. The van der Waals surface area contributed by atoms with Gasteiger partial charge in [0.05, 0.1) is 5.69 Å². The number of rotatable bonds is 5. The molecule has 0 atom stereocenters. The molecule has 0 radical (unpaired) electrons. The molecule has 5 heteroatoms. The van der Waals surface area contributed by atoms with Crippen molar-refractivity contribution >= 4 is 5.97 Å². The van der Waals surface area contributed by atoms with Crippen LogP contribution in [0.3, 0.4) is 0 Å². The number of hydrogen-bond acceptors (Lipinski definition) is 3.